The molecule has 6 heteroatoms. The van der Waals surface area contributed by atoms with Crippen LogP contribution in [0.4, 0.5) is 0 Å². The largest absolute Gasteiger partial charge is 0.508 e. The molecule has 0 aliphatic rings. The summed E-state index contributed by atoms with van der Waals surface area (Å²) in [5, 5.41) is 50.1. The first-order chi connectivity index (χ1) is 16.4. The smallest absolute Gasteiger partial charge is 0.143 e. The molecule has 1 aromatic heterocycles. The molecular formula is C28H20O6. The Hall–Kier alpha value is -4.84. The molecule has 0 amide bonds. The SMILES string of the molecule is Oc1ccc(-c2oc3ccc(/C=C/c4cc(O)cc(O)c4)cc3c2-c2cc(O)cc(O)c2)cc1. The van der Waals surface area contributed by atoms with Crippen LogP contribution in [0.25, 0.3) is 45.6 Å². The third-order valence-corrected chi connectivity index (χ3v) is 5.43. The van der Waals surface area contributed by atoms with E-state index in [1.54, 1.807) is 42.5 Å². The van der Waals surface area contributed by atoms with Crippen LogP contribution in [0, 0.1) is 0 Å². The topological polar surface area (TPSA) is 114 Å². The Bertz CT molecular complexity index is 1500. The van der Waals surface area contributed by atoms with Gasteiger partial charge < -0.3 is 29.9 Å². The molecule has 4 aromatic carbocycles. The van der Waals surface area contributed by atoms with E-state index >= 15 is 0 Å². The number of phenols is 5. The first-order valence-electron chi connectivity index (χ1n) is 10.5. The highest BCUT2D eigenvalue weighted by Crippen LogP contribution is 2.43. The number of benzene rings is 4. The molecule has 6 nitrogen and oxygen atoms in total. The predicted molar refractivity (Wildman–Crippen MR) is 131 cm³/mol. The Balaban J connectivity index is 1.68. The fourth-order valence-electron chi connectivity index (χ4n) is 3.97. The number of rotatable bonds is 4. The fourth-order valence-corrected chi connectivity index (χ4v) is 3.97. The Labute approximate surface area is 194 Å². The molecule has 168 valence electrons. The zero-order chi connectivity index (χ0) is 23.8. The summed E-state index contributed by atoms with van der Waals surface area (Å²) in [4.78, 5) is 0. The highest BCUT2D eigenvalue weighted by atomic mass is 16.3. The molecule has 0 spiro atoms. The zero-order valence-corrected chi connectivity index (χ0v) is 17.8. The summed E-state index contributed by atoms with van der Waals surface area (Å²) >= 11 is 0. The van der Waals surface area contributed by atoms with Crippen molar-refractivity contribution in [2.24, 2.45) is 0 Å². The number of fused-ring (bicyclic) bond motifs is 1. The molecule has 0 aliphatic carbocycles. The van der Waals surface area contributed by atoms with Gasteiger partial charge in [0, 0.05) is 28.6 Å². The van der Waals surface area contributed by atoms with Crippen LogP contribution in [-0.4, -0.2) is 25.5 Å². The average molecular weight is 452 g/mol. The molecule has 0 aliphatic heterocycles. The van der Waals surface area contributed by atoms with E-state index in [2.05, 4.69) is 0 Å². The number of furan rings is 1. The number of hydrogen-bond donors (Lipinski definition) is 5. The van der Waals surface area contributed by atoms with E-state index in [-0.39, 0.29) is 28.7 Å². The molecular weight excluding hydrogens is 432 g/mol. The van der Waals surface area contributed by atoms with Crippen LogP contribution in [0.3, 0.4) is 0 Å². The highest BCUT2D eigenvalue weighted by molar-refractivity contribution is 6.03. The molecule has 0 saturated heterocycles. The van der Waals surface area contributed by atoms with E-state index in [1.807, 2.05) is 24.3 Å². The summed E-state index contributed by atoms with van der Waals surface area (Å²) in [7, 11) is 0. The monoisotopic (exact) mass is 452 g/mol. The first kappa shape index (κ1) is 21.0. The minimum absolute atomic E-state index is 0.0329. The van der Waals surface area contributed by atoms with Gasteiger partial charge in [0.2, 0.25) is 0 Å². The van der Waals surface area contributed by atoms with Crippen molar-refractivity contribution in [3.63, 3.8) is 0 Å². The lowest BCUT2D eigenvalue weighted by molar-refractivity contribution is 0.449. The number of hydrogen-bond acceptors (Lipinski definition) is 6. The van der Waals surface area contributed by atoms with Crippen molar-refractivity contribution in [1.29, 1.82) is 0 Å². The van der Waals surface area contributed by atoms with Gasteiger partial charge in [-0.1, -0.05) is 18.2 Å². The molecule has 0 unspecified atom stereocenters. The molecule has 0 saturated carbocycles. The van der Waals surface area contributed by atoms with E-state index in [4.69, 9.17) is 4.42 Å². The minimum atomic E-state index is -0.0826. The standard InChI is InChI=1S/C28H20O6/c29-20-6-4-18(5-7-20)28-27(19-12-23(32)15-24(33)13-19)25-11-16(3-8-26(25)34-28)1-2-17-9-21(30)14-22(31)10-17/h1-15,29-33H/b2-1+. The molecule has 0 radical (unpaired) electrons. The Kier molecular flexibility index (Phi) is 5.11. The van der Waals surface area contributed by atoms with Crippen molar-refractivity contribution in [3.05, 3.63) is 90.0 Å². The summed E-state index contributed by atoms with van der Waals surface area (Å²) in [6, 6.07) is 20.9. The van der Waals surface area contributed by atoms with Crippen molar-refractivity contribution >= 4 is 23.1 Å². The van der Waals surface area contributed by atoms with Gasteiger partial charge in [0.1, 0.15) is 40.1 Å². The van der Waals surface area contributed by atoms with Gasteiger partial charge in [0.05, 0.1) is 0 Å². The number of aromatic hydroxyl groups is 5. The van der Waals surface area contributed by atoms with Crippen molar-refractivity contribution in [1.82, 2.24) is 0 Å². The Morgan fingerprint density at radius 1 is 0.500 bits per heavy atom. The Morgan fingerprint density at radius 3 is 1.74 bits per heavy atom. The molecule has 0 fully saturated rings. The third-order valence-electron chi connectivity index (χ3n) is 5.43. The van der Waals surface area contributed by atoms with E-state index in [1.165, 1.54) is 24.3 Å². The van der Waals surface area contributed by atoms with Gasteiger partial charge in [-0.25, -0.2) is 0 Å². The second-order valence-electron chi connectivity index (χ2n) is 7.96. The van der Waals surface area contributed by atoms with Crippen LogP contribution in [0.5, 0.6) is 28.7 Å². The lowest BCUT2D eigenvalue weighted by Crippen LogP contribution is -1.82. The zero-order valence-electron chi connectivity index (χ0n) is 17.8. The fraction of sp³-hybridized carbons (Fsp3) is 0. The van der Waals surface area contributed by atoms with Gasteiger partial charge in [-0.2, -0.15) is 0 Å². The van der Waals surface area contributed by atoms with Gasteiger partial charge in [-0.05, 0) is 77.4 Å². The number of phenolic OH excluding ortho intramolecular Hbond substituents is 5. The maximum atomic E-state index is 10.1. The van der Waals surface area contributed by atoms with E-state index in [9.17, 15) is 25.5 Å². The van der Waals surface area contributed by atoms with Crippen LogP contribution in [0.1, 0.15) is 11.1 Å². The predicted octanol–water partition coefficient (Wildman–Crippen LogP) is 6.47. The van der Waals surface area contributed by atoms with Gasteiger partial charge >= 0.3 is 0 Å². The molecule has 5 N–H and O–H groups in total. The summed E-state index contributed by atoms with van der Waals surface area (Å²) in [5.41, 5.74) is 4.04. The van der Waals surface area contributed by atoms with Gasteiger partial charge in [-0.3, -0.25) is 0 Å². The second-order valence-corrected chi connectivity index (χ2v) is 7.96. The minimum Gasteiger partial charge on any atom is -0.508 e. The summed E-state index contributed by atoms with van der Waals surface area (Å²) in [6.07, 6.45) is 3.60. The van der Waals surface area contributed by atoms with Gasteiger partial charge in [0.25, 0.3) is 0 Å². The van der Waals surface area contributed by atoms with Gasteiger partial charge in [-0.15, -0.1) is 0 Å². The summed E-state index contributed by atoms with van der Waals surface area (Å²) < 4.78 is 6.17. The van der Waals surface area contributed by atoms with Crippen LogP contribution in [0.15, 0.2) is 83.3 Å². The molecule has 1 heterocycles. The third kappa shape index (κ3) is 4.12. The molecule has 5 aromatic rings. The van der Waals surface area contributed by atoms with Crippen molar-refractivity contribution in [2.45, 2.75) is 0 Å². The Morgan fingerprint density at radius 2 is 1.09 bits per heavy atom. The van der Waals surface area contributed by atoms with Crippen molar-refractivity contribution < 1.29 is 29.9 Å². The summed E-state index contributed by atoms with van der Waals surface area (Å²) in [5.74, 6) is 0.422. The van der Waals surface area contributed by atoms with E-state index in [0.717, 1.165) is 16.5 Å². The van der Waals surface area contributed by atoms with Crippen LogP contribution < -0.4 is 0 Å². The maximum absolute atomic E-state index is 10.1. The lowest BCUT2D eigenvalue weighted by atomic mass is 9.97. The molecule has 5 rings (SSSR count). The van der Waals surface area contributed by atoms with E-state index < -0.39 is 0 Å². The average Bonchev–Trinajstić information content (AvgIpc) is 3.15. The molecule has 34 heavy (non-hydrogen) atoms. The van der Waals surface area contributed by atoms with E-state index in [0.29, 0.717) is 28.0 Å². The van der Waals surface area contributed by atoms with Crippen LogP contribution in [-0.2, 0) is 0 Å². The second kappa shape index (κ2) is 8.26. The van der Waals surface area contributed by atoms with Gasteiger partial charge in [0.15, 0.2) is 0 Å². The first-order valence-corrected chi connectivity index (χ1v) is 10.5. The van der Waals surface area contributed by atoms with Crippen LogP contribution in [0.2, 0.25) is 0 Å². The highest BCUT2D eigenvalue weighted by Gasteiger charge is 2.19. The summed E-state index contributed by atoms with van der Waals surface area (Å²) in [6.45, 7) is 0. The lowest BCUT2D eigenvalue weighted by Gasteiger charge is -2.06. The molecule has 0 bridgehead atoms. The quantitative estimate of drug-likeness (QED) is 0.200. The maximum Gasteiger partial charge on any atom is 0.143 e. The van der Waals surface area contributed by atoms with Crippen molar-refractivity contribution in [2.75, 3.05) is 0 Å². The normalized spacial score (nSPS) is 11.4. The van der Waals surface area contributed by atoms with Crippen LogP contribution >= 0.6 is 0 Å². The molecule has 0 atom stereocenters. The van der Waals surface area contributed by atoms with Crippen molar-refractivity contribution in [3.8, 4) is 51.2 Å².